The predicted molar refractivity (Wildman–Crippen MR) is 63.0 cm³/mol. The Labute approximate surface area is 98.5 Å². The van der Waals surface area contributed by atoms with Crippen molar-refractivity contribution in [2.75, 3.05) is 0 Å². The molecule has 1 aliphatic heterocycles. The largest absolute Gasteiger partial charge is 0.307 e. The summed E-state index contributed by atoms with van der Waals surface area (Å²) >= 11 is 5.84. The minimum atomic E-state index is 0.728. The number of benzene rings is 1. The van der Waals surface area contributed by atoms with Crippen molar-refractivity contribution in [2.24, 2.45) is 0 Å². The van der Waals surface area contributed by atoms with Crippen LogP contribution in [-0.2, 0) is 13.1 Å². The number of nitrogens with zero attached hydrogens (tertiary/aromatic N) is 2. The SMILES string of the molecule is Clc1ccc(-c2ncc3c(n2)CNC3)cc1. The fraction of sp³-hybridized carbons (Fsp3) is 0.167. The lowest BCUT2D eigenvalue weighted by molar-refractivity contribution is 0.758. The molecule has 0 saturated heterocycles. The molecule has 0 unspecified atom stereocenters. The third kappa shape index (κ3) is 1.68. The van der Waals surface area contributed by atoms with Crippen LogP contribution in [0.25, 0.3) is 11.4 Å². The monoisotopic (exact) mass is 231 g/mol. The van der Waals surface area contributed by atoms with E-state index in [1.54, 1.807) is 0 Å². The molecule has 0 amide bonds. The van der Waals surface area contributed by atoms with Gasteiger partial charge < -0.3 is 5.32 Å². The first-order valence-electron chi connectivity index (χ1n) is 5.14. The smallest absolute Gasteiger partial charge is 0.159 e. The molecule has 1 aromatic heterocycles. The Balaban J connectivity index is 2.03. The highest BCUT2D eigenvalue weighted by Gasteiger charge is 2.13. The summed E-state index contributed by atoms with van der Waals surface area (Å²) in [4.78, 5) is 8.89. The van der Waals surface area contributed by atoms with Gasteiger partial charge in [0.25, 0.3) is 0 Å². The Morgan fingerprint density at radius 2 is 1.94 bits per heavy atom. The molecule has 80 valence electrons. The zero-order chi connectivity index (χ0) is 11.0. The molecule has 0 fully saturated rings. The van der Waals surface area contributed by atoms with Crippen LogP contribution >= 0.6 is 11.6 Å². The zero-order valence-electron chi connectivity index (χ0n) is 8.57. The third-order valence-corrected chi connectivity index (χ3v) is 2.92. The summed E-state index contributed by atoms with van der Waals surface area (Å²) in [6.07, 6.45) is 1.90. The summed E-state index contributed by atoms with van der Waals surface area (Å²) < 4.78 is 0. The van der Waals surface area contributed by atoms with E-state index in [4.69, 9.17) is 11.6 Å². The molecule has 0 atom stereocenters. The summed E-state index contributed by atoms with van der Waals surface area (Å²) in [5.74, 6) is 0.763. The van der Waals surface area contributed by atoms with E-state index in [9.17, 15) is 0 Å². The Kier molecular flexibility index (Phi) is 2.35. The Morgan fingerprint density at radius 1 is 1.12 bits per heavy atom. The summed E-state index contributed by atoms with van der Waals surface area (Å²) in [5.41, 5.74) is 3.29. The van der Waals surface area contributed by atoms with Gasteiger partial charge >= 0.3 is 0 Å². The Hall–Kier alpha value is -1.45. The van der Waals surface area contributed by atoms with Gasteiger partial charge in [0.15, 0.2) is 5.82 Å². The van der Waals surface area contributed by atoms with Gasteiger partial charge in [0.05, 0.1) is 5.69 Å². The van der Waals surface area contributed by atoms with E-state index in [0.717, 1.165) is 35.2 Å². The Morgan fingerprint density at radius 3 is 2.75 bits per heavy atom. The van der Waals surface area contributed by atoms with E-state index in [2.05, 4.69) is 15.3 Å². The molecule has 16 heavy (non-hydrogen) atoms. The van der Waals surface area contributed by atoms with Crippen LogP contribution in [0.3, 0.4) is 0 Å². The highest BCUT2D eigenvalue weighted by molar-refractivity contribution is 6.30. The van der Waals surface area contributed by atoms with E-state index < -0.39 is 0 Å². The number of halogens is 1. The average Bonchev–Trinajstić information content (AvgIpc) is 2.77. The van der Waals surface area contributed by atoms with Gasteiger partial charge in [-0.25, -0.2) is 9.97 Å². The summed E-state index contributed by atoms with van der Waals surface area (Å²) in [7, 11) is 0. The number of hydrogen-bond donors (Lipinski definition) is 1. The number of fused-ring (bicyclic) bond motifs is 1. The maximum atomic E-state index is 5.84. The van der Waals surface area contributed by atoms with E-state index >= 15 is 0 Å². The van der Waals surface area contributed by atoms with E-state index in [0.29, 0.717) is 0 Å². The van der Waals surface area contributed by atoms with Crippen molar-refractivity contribution in [3.05, 3.63) is 46.7 Å². The van der Waals surface area contributed by atoms with Crippen LogP contribution in [0, 0.1) is 0 Å². The minimum Gasteiger partial charge on any atom is -0.307 e. The molecule has 2 aromatic rings. The van der Waals surface area contributed by atoms with Gasteiger partial charge in [-0.2, -0.15) is 0 Å². The van der Waals surface area contributed by atoms with Crippen LogP contribution in [0.5, 0.6) is 0 Å². The van der Waals surface area contributed by atoms with Crippen molar-refractivity contribution in [2.45, 2.75) is 13.1 Å². The highest BCUT2D eigenvalue weighted by atomic mass is 35.5. The number of aromatic nitrogens is 2. The number of nitrogens with one attached hydrogen (secondary N) is 1. The molecule has 1 aliphatic rings. The van der Waals surface area contributed by atoms with Crippen LogP contribution < -0.4 is 5.32 Å². The molecule has 0 radical (unpaired) electrons. The van der Waals surface area contributed by atoms with Gasteiger partial charge in [-0.3, -0.25) is 0 Å². The molecule has 4 heteroatoms. The second-order valence-corrected chi connectivity index (χ2v) is 4.21. The van der Waals surface area contributed by atoms with E-state index in [1.807, 2.05) is 30.5 Å². The molecule has 3 nitrogen and oxygen atoms in total. The molecule has 0 saturated carbocycles. The van der Waals surface area contributed by atoms with Gasteiger partial charge in [-0.05, 0) is 24.3 Å². The molecule has 1 aromatic carbocycles. The van der Waals surface area contributed by atoms with Crippen molar-refractivity contribution in [3.8, 4) is 11.4 Å². The second kappa shape index (κ2) is 3.85. The molecular weight excluding hydrogens is 222 g/mol. The fourth-order valence-electron chi connectivity index (χ4n) is 1.80. The van der Waals surface area contributed by atoms with Crippen LogP contribution in [0.15, 0.2) is 30.5 Å². The first-order valence-corrected chi connectivity index (χ1v) is 5.52. The van der Waals surface area contributed by atoms with Crippen molar-refractivity contribution >= 4 is 11.6 Å². The first-order chi connectivity index (χ1) is 7.83. The first kappa shape index (κ1) is 9.75. The lowest BCUT2D eigenvalue weighted by atomic mass is 10.2. The molecule has 0 bridgehead atoms. The second-order valence-electron chi connectivity index (χ2n) is 3.78. The highest BCUT2D eigenvalue weighted by Crippen LogP contribution is 2.20. The van der Waals surface area contributed by atoms with Gasteiger partial charge in [-0.1, -0.05) is 11.6 Å². The predicted octanol–water partition coefficient (Wildman–Crippen LogP) is 2.40. The van der Waals surface area contributed by atoms with Crippen molar-refractivity contribution < 1.29 is 0 Å². The summed E-state index contributed by atoms with van der Waals surface area (Å²) in [6.45, 7) is 1.70. The average molecular weight is 232 g/mol. The van der Waals surface area contributed by atoms with Crippen LogP contribution in [0.4, 0.5) is 0 Å². The topological polar surface area (TPSA) is 37.8 Å². The van der Waals surface area contributed by atoms with Crippen LogP contribution in [0.1, 0.15) is 11.3 Å². The molecule has 1 N–H and O–H groups in total. The van der Waals surface area contributed by atoms with Gasteiger partial charge in [0.1, 0.15) is 0 Å². The lowest BCUT2D eigenvalue weighted by Gasteiger charge is -2.02. The van der Waals surface area contributed by atoms with Crippen molar-refractivity contribution in [1.82, 2.24) is 15.3 Å². The maximum Gasteiger partial charge on any atom is 0.159 e. The van der Waals surface area contributed by atoms with Gasteiger partial charge in [0, 0.05) is 35.4 Å². The standard InChI is InChI=1S/C12H10ClN3/c13-10-3-1-8(2-4-10)12-15-6-9-5-14-7-11(9)16-12/h1-4,6,14H,5,7H2. The normalized spacial score (nSPS) is 13.8. The summed E-state index contributed by atoms with van der Waals surface area (Å²) in [6, 6.07) is 7.58. The fourth-order valence-corrected chi connectivity index (χ4v) is 1.92. The van der Waals surface area contributed by atoms with Gasteiger partial charge in [-0.15, -0.1) is 0 Å². The minimum absolute atomic E-state index is 0.728. The molecule has 0 spiro atoms. The molecule has 3 rings (SSSR count). The Bertz CT molecular complexity index is 522. The summed E-state index contributed by atoms with van der Waals surface area (Å²) in [5, 5.41) is 3.98. The van der Waals surface area contributed by atoms with Crippen LogP contribution in [0.2, 0.25) is 5.02 Å². The third-order valence-electron chi connectivity index (χ3n) is 2.66. The van der Waals surface area contributed by atoms with Gasteiger partial charge in [0.2, 0.25) is 0 Å². The van der Waals surface area contributed by atoms with Crippen molar-refractivity contribution in [3.63, 3.8) is 0 Å². The van der Waals surface area contributed by atoms with Crippen LogP contribution in [-0.4, -0.2) is 9.97 Å². The molecular formula is C12H10ClN3. The molecule has 0 aliphatic carbocycles. The number of rotatable bonds is 1. The van der Waals surface area contributed by atoms with E-state index in [-0.39, 0.29) is 0 Å². The molecule has 2 heterocycles. The lowest BCUT2D eigenvalue weighted by Crippen LogP contribution is -2.00. The maximum absolute atomic E-state index is 5.84. The quantitative estimate of drug-likeness (QED) is 0.819. The van der Waals surface area contributed by atoms with E-state index in [1.165, 1.54) is 5.56 Å². The number of hydrogen-bond acceptors (Lipinski definition) is 3. The van der Waals surface area contributed by atoms with Crippen molar-refractivity contribution in [1.29, 1.82) is 0 Å². The zero-order valence-corrected chi connectivity index (χ0v) is 9.33.